The molecule has 0 fully saturated rings. The number of hydrogen-bond acceptors (Lipinski definition) is 3. The van der Waals surface area contributed by atoms with Gasteiger partial charge in [0.1, 0.15) is 5.75 Å². The Morgan fingerprint density at radius 3 is 2.62 bits per heavy atom. The summed E-state index contributed by atoms with van der Waals surface area (Å²) in [5.74, 6) is 0.591. The smallest absolute Gasteiger partial charge is 0.179 e. The lowest BCUT2D eigenvalue weighted by atomic mass is 10.1. The molecule has 0 aliphatic heterocycles. The second kappa shape index (κ2) is 4.07. The van der Waals surface area contributed by atoms with Crippen LogP contribution in [0.5, 0.6) is 5.75 Å². The van der Waals surface area contributed by atoms with E-state index in [9.17, 15) is 0 Å². The number of aliphatic hydroxyl groups excluding tert-OH is 1. The molecule has 0 bridgehead atoms. The second-order valence-corrected chi connectivity index (χ2v) is 2.57. The Kier molecular flexibility index (Phi) is 3.06. The molecule has 0 saturated carbocycles. The Hall–Kier alpha value is -1.32. The van der Waals surface area contributed by atoms with Crippen LogP contribution in [0.3, 0.4) is 0 Å². The van der Waals surface area contributed by atoms with E-state index < -0.39 is 6.29 Å². The van der Waals surface area contributed by atoms with E-state index >= 15 is 0 Å². The summed E-state index contributed by atoms with van der Waals surface area (Å²) < 4.78 is 4.95. The molecule has 2 N–H and O–H groups in total. The molecule has 0 aromatic heterocycles. The van der Waals surface area contributed by atoms with Gasteiger partial charge in [0.15, 0.2) is 6.29 Å². The Labute approximate surface area is 76.9 Å². The minimum atomic E-state index is -1.50. The third kappa shape index (κ3) is 2.08. The molecule has 70 valence electrons. The first kappa shape index (κ1) is 9.77. The number of benzene rings is 1. The van der Waals surface area contributed by atoms with Gasteiger partial charge in [-0.3, -0.25) is 0 Å². The van der Waals surface area contributed by atoms with Crippen molar-refractivity contribution in [3.05, 3.63) is 35.9 Å². The summed E-state index contributed by atoms with van der Waals surface area (Å²) in [5, 5.41) is 18.0. The normalized spacial score (nSPS) is 10.2. The number of aliphatic hydroxyl groups is 2. The number of rotatable bonds is 3. The summed E-state index contributed by atoms with van der Waals surface area (Å²) in [5.41, 5.74) is 1.09. The van der Waals surface area contributed by atoms with Gasteiger partial charge >= 0.3 is 0 Å². The Morgan fingerprint density at radius 2 is 2.15 bits per heavy atom. The van der Waals surface area contributed by atoms with Crippen LogP contribution < -0.4 is 4.74 Å². The fourth-order valence-electron chi connectivity index (χ4n) is 1.09. The van der Waals surface area contributed by atoms with Crippen LogP contribution in [0.2, 0.25) is 0 Å². The van der Waals surface area contributed by atoms with Crippen LogP contribution in [0.4, 0.5) is 0 Å². The van der Waals surface area contributed by atoms with E-state index in [1.807, 2.05) is 0 Å². The largest absolute Gasteiger partial charge is 0.497 e. The number of hydrogen-bond donors (Lipinski definition) is 2. The van der Waals surface area contributed by atoms with Crippen LogP contribution in [0.1, 0.15) is 17.4 Å². The summed E-state index contributed by atoms with van der Waals surface area (Å²) in [4.78, 5) is 0. The highest BCUT2D eigenvalue weighted by Crippen LogP contribution is 2.22. The lowest BCUT2D eigenvalue weighted by Gasteiger charge is -2.09. The predicted octanol–water partition coefficient (Wildman–Crippen LogP) is 1.32. The van der Waals surface area contributed by atoms with E-state index in [1.165, 1.54) is 7.11 Å². The molecule has 1 aromatic carbocycles. The van der Waals surface area contributed by atoms with Crippen LogP contribution >= 0.6 is 0 Å². The Bertz CT molecular complexity index is 305. The second-order valence-electron chi connectivity index (χ2n) is 2.57. The molecule has 0 atom stereocenters. The predicted molar refractivity (Wildman–Crippen MR) is 50.3 cm³/mol. The molecule has 3 nitrogen and oxygen atoms in total. The van der Waals surface area contributed by atoms with E-state index in [2.05, 4.69) is 6.58 Å². The molecule has 0 heterocycles. The van der Waals surface area contributed by atoms with Crippen LogP contribution in [-0.4, -0.2) is 17.3 Å². The first-order valence-corrected chi connectivity index (χ1v) is 3.85. The molecule has 0 saturated heterocycles. The zero-order chi connectivity index (χ0) is 9.84. The van der Waals surface area contributed by atoms with Crippen molar-refractivity contribution in [2.45, 2.75) is 6.29 Å². The summed E-state index contributed by atoms with van der Waals surface area (Å²) in [7, 11) is 1.52. The van der Waals surface area contributed by atoms with Gasteiger partial charge in [0, 0.05) is 5.56 Å². The van der Waals surface area contributed by atoms with Gasteiger partial charge in [-0.1, -0.05) is 18.7 Å². The van der Waals surface area contributed by atoms with Gasteiger partial charge in [0.25, 0.3) is 0 Å². The summed E-state index contributed by atoms with van der Waals surface area (Å²) >= 11 is 0. The van der Waals surface area contributed by atoms with E-state index in [4.69, 9.17) is 14.9 Å². The standard InChI is InChI=1S/C10H12O3/c1-3-7-4-5-8(13-2)6-9(7)10(11)12/h3-6,10-12H,1H2,2H3. The number of ether oxygens (including phenoxy) is 1. The summed E-state index contributed by atoms with van der Waals surface area (Å²) in [6, 6.07) is 5.03. The molecule has 13 heavy (non-hydrogen) atoms. The van der Waals surface area contributed by atoms with E-state index in [1.54, 1.807) is 24.3 Å². The van der Waals surface area contributed by atoms with Crippen molar-refractivity contribution >= 4 is 6.08 Å². The van der Waals surface area contributed by atoms with Crippen molar-refractivity contribution in [3.63, 3.8) is 0 Å². The Balaban J connectivity index is 3.17. The maximum absolute atomic E-state index is 9.01. The topological polar surface area (TPSA) is 49.7 Å². The van der Waals surface area contributed by atoms with Crippen molar-refractivity contribution in [3.8, 4) is 5.75 Å². The molecular weight excluding hydrogens is 168 g/mol. The highest BCUT2D eigenvalue weighted by atomic mass is 16.5. The molecule has 0 amide bonds. The molecule has 1 aromatic rings. The number of methoxy groups -OCH3 is 1. The van der Waals surface area contributed by atoms with Gasteiger partial charge in [-0.2, -0.15) is 0 Å². The van der Waals surface area contributed by atoms with Crippen molar-refractivity contribution in [1.29, 1.82) is 0 Å². The molecular formula is C10H12O3. The SMILES string of the molecule is C=Cc1ccc(OC)cc1C(O)O. The first-order chi connectivity index (χ1) is 6.19. The molecule has 0 unspecified atom stereocenters. The van der Waals surface area contributed by atoms with Gasteiger partial charge in [0.2, 0.25) is 0 Å². The fourth-order valence-corrected chi connectivity index (χ4v) is 1.09. The van der Waals surface area contributed by atoms with Crippen LogP contribution in [0, 0.1) is 0 Å². The third-order valence-electron chi connectivity index (χ3n) is 1.79. The van der Waals surface area contributed by atoms with Crippen molar-refractivity contribution in [2.24, 2.45) is 0 Å². The van der Waals surface area contributed by atoms with Crippen LogP contribution in [0.15, 0.2) is 24.8 Å². The summed E-state index contributed by atoms with van der Waals surface area (Å²) in [6.45, 7) is 3.57. The molecule has 1 rings (SSSR count). The summed E-state index contributed by atoms with van der Waals surface area (Å²) in [6.07, 6.45) is 0.0666. The van der Waals surface area contributed by atoms with Crippen LogP contribution in [0.25, 0.3) is 6.08 Å². The zero-order valence-corrected chi connectivity index (χ0v) is 7.40. The quantitative estimate of drug-likeness (QED) is 0.690. The van der Waals surface area contributed by atoms with Crippen molar-refractivity contribution in [1.82, 2.24) is 0 Å². The first-order valence-electron chi connectivity index (χ1n) is 3.85. The van der Waals surface area contributed by atoms with E-state index in [-0.39, 0.29) is 0 Å². The molecule has 0 radical (unpaired) electrons. The van der Waals surface area contributed by atoms with Gasteiger partial charge in [0.05, 0.1) is 7.11 Å². The van der Waals surface area contributed by atoms with Gasteiger partial charge in [-0.05, 0) is 17.7 Å². The van der Waals surface area contributed by atoms with Gasteiger partial charge in [-0.25, -0.2) is 0 Å². The van der Waals surface area contributed by atoms with E-state index in [0.717, 1.165) is 0 Å². The molecule has 0 aliphatic carbocycles. The fraction of sp³-hybridized carbons (Fsp3) is 0.200. The third-order valence-corrected chi connectivity index (χ3v) is 1.79. The monoisotopic (exact) mass is 180 g/mol. The van der Waals surface area contributed by atoms with Gasteiger partial charge < -0.3 is 14.9 Å². The lowest BCUT2D eigenvalue weighted by molar-refractivity contribution is -0.0427. The van der Waals surface area contributed by atoms with E-state index in [0.29, 0.717) is 16.9 Å². The average molecular weight is 180 g/mol. The van der Waals surface area contributed by atoms with Crippen molar-refractivity contribution < 1.29 is 14.9 Å². The maximum Gasteiger partial charge on any atom is 0.179 e. The highest BCUT2D eigenvalue weighted by Gasteiger charge is 2.08. The van der Waals surface area contributed by atoms with Crippen LogP contribution in [-0.2, 0) is 0 Å². The highest BCUT2D eigenvalue weighted by molar-refractivity contribution is 5.54. The van der Waals surface area contributed by atoms with Gasteiger partial charge in [-0.15, -0.1) is 0 Å². The average Bonchev–Trinajstić information content (AvgIpc) is 2.16. The van der Waals surface area contributed by atoms with Crippen molar-refractivity contribution in [2.75, 3.05) is 7.11 Å². The maximum atomic E-state index is 9.01. The molecule has 0 spiro atoms. The lowest BCUT2D eigenvalue weighted by Crippen LogP contribution is -1.98. The zero-order valence-electron chi connectivity index (χ0n) is 7.40. The Morgan fingerprint density at radius 1 is 1.46 bits per heavy atom. The minimum Gasteiger partial charge on any atom is -0.497 e. The minimum absolute atomic E-state index is 0.398. The molecule has 3 heteroatoms. The molecule has 0 aliphatic rings.